The molecule has 4 atom stereocenters. The molecule has 3 aliphatic rings. The second kappa shape index (κ2) is 6.79. The van der Waals surface area contributed by atoms with Gasteiger partial charge in [0.05, 0.1) is 0 Å². The Balaban J connectivity index is 0.00000156. The van der Waals surface area contributed by atoms with Gasteiger partial charge in [-0.05, 0) is 61.9 Å². The van der Waals surface area contributed by atoms with Crippen LogP contribution in [0.2, 0.25) is 10.0 Å². The van der Waals surface area contributed by atoms with Crippen molar-refractivity contribution in [1.29, 1.82) is 0 Å². The Labute approximate surface area is 153 Å². The number of hydrogen-bond donors (Lipinski definition) is 1. The van der Waals surface area contributed by atoms with Crippen molar-refractivity contribution in [3.8, 4) is 0 Å². The van der Waals surface area contributed by atoms with Crippen LogP contribution in [0.1, 0.15) is 37.2 Å². The normalized spacial score (nSPS) is 32.2. The Hall–Kier alpha value is -0.480. The Morgan fingerprint density at radius 1 is 1.09 bits per heavy atom. The molecule has 3 fully saturated rings. The van der Waals surface area contributed by atoms with Crippen molar-refractivity contribution in [3.05, 3.63) is 33.8 Å². The molecule has 1 aliphatic carbocycles. The summed E-state index contributed by atoms with van der Waals surface area (Å²) in [6, 6.07) is 6.47. The van der Waals surface area contributed by atoms with Gasteiger partial charge in [-0.2, -0.15) is 0 Å². The summed E-state index contributed by atoms with van der Waals surface area (Å²) in [7, 11) is 0. The molecule has 2 saturated heterocycles. The van der Waals surface area contributed by atoms with Crippen molar-refractivity contribution in [2.45, 2.75) is 43.7 Å². The third-order valence-electron chi connectivity index (χ3n) is 5.33. The molecule has 2 aliphatic heterocycles. The highest BCUT2D eigenvalue weighted by atomic mass is 35.5. The average Bonchev–Trinajstić information content (AvgIpc) is 3.17. The molecule has 1 saturated carbocycles. The van der Waals surface area contributed by atoms with Gasteiger partial charge < -0.3 is 10.2 Å². The number of rotatable bonds is 2. The van der Waals surface area contributed by atoms with Gasteiger partial charge in [0.25, 0.3) is 0 Å². The number of halogens is 3. The minimum Gasteiger partial charge on any atom is -0.335 e. The van der Waals surface area contributed by atoms with E-state index in [-0.39, 0.29) is 18.3 Å². The minimum absolute atomic E-state index is 0. The van der Waals surface area contributed by atoms with E-state index in [0.717, 1.165) is 37.9 Å². The molecule has 1 aromatic carbocycles. The monoisotopic (exact) mass is 374 g/mol. The van der Waals surface area contributed by atoms with E-state index in [4.69, 9.17) is 23.2 Å². The molecule has 0 aromatic heterocycles. The predicted octanol–water partition coefficient (Wildman–Crippen LogP) is 3.87. The zero-order valence-corrected chi connectivity index (χ0v) is 15.1. The van der Waals surface area contributed by atoms with E-state index in [1.165, 1.54) is 6.42 Å². The van der Waals surface area contributed by atoms with Gasteiger partial charge in [0, 0.05) is 34.6 Å². The average molecular weight is 376 g/mol. The van der Waals surface area contributed by atoms with Gasteiger partial charge in [0.15, 0.2) is 0 Å². The number of nitrogens with zero attached hydrogens (tertiary/aromatic N) is 1. The van der Waals surface area contributed by atoms with Gasteiger partial charge in [-0.15, -0.1) is 12.4 Å². The van der Waals surface area contributed by atoms with Crippen molar-refractivity contribution in [1.82, 2.24) is 10.2 Å². The Bertz CT molecular complexity index is 575. The van der Waals surface area contributed by atoms with Crippen LogP contribution in [0.4, 0.5) is 0 Å². The van der Waals surface area contributed by atoms with Crippen molar-refractivity contribution in [2.24, 2.45) is 5.92 Å². The second-order valence-corrected chi connectivity index (χ2v) is 7.65. The van der Waals surface area contributed by atoms with Crippen LogP contribution in [-0.2, 0) is 4.79 Å². The van der Waals surface area contributed by atoms with Crippen molar-refractivity contribution >= 4 is 41.5 Å². The molecule has 4 rings (SSSR count). The number of benzene rings is 1. The molecular formula is C17H21Cl3N2O. The third-order valence-corrected chi connectivity index (χ3v) is 5.77. The smallest absolute Gasteiger partial charge is 0.226 e. The standard InChI is InChI=1S/C17H20Cl2N2O.ClH/c18-11-5-10(6-12(19)7-11)15-8-16(15)17(22)21-13-1-2-14(21)9-20-4-3-13;/h5-7,13-16,20H,1-4,8-9H2;1H. The number of nitrogens with one attached hydrogen (secondary N) is 1. The zero-order valence-electron chi connectivity index (χ0n) is 12.8. The molecule has 2 heterocycles. The van der Waals surface area contributed by atoms with Gasteiger partial charge in [-0.1, -0.05) is 23.2 Å². The lowest BCUT2D eigenvalue weighted by molar-refractivity contribution is -0.135. The Morgan fingerprint density at radius 2 is 1.78 bits per heavy atom. The van der Waals surface area contributed by atoms with Crippen molar-refractivity contribution in [2.75, 3.05) is 13.1 Å². The summed E-state index contributed by atoms with van der Waals surface area (Å²) in [5.41, 5.74) is 1.11. The molecule has 1 aromatic rings. The van der Waals surface area contributed by atoms with Gasteiger partial charge in [0.2, 0.25) is 5.91 Å². The summed E-state index contributed by atoms with van der Waals surface area (Å²) in [6.45, 7) is 1.98. The topological polar surface area (TPSA) is 32.3 Å². The largest absolute Gasteiger partial charge is 0.335 e. The molecule has 0 radical (unpaired) electrons. The molecule has 6 heteroatoms. The van der Waals surface area contributed by atoms with E-state index in [0.29, 0.717) is 34.0 Å². The fourth-order valence-corrected chi connectivity index (χ4v) is 4.70. The molecule has 3 nitrogen and oxygen atoms in total. The minimum atomic E-state index is 0. The van der Waals surface area contributed by atoms with E-state index in [9.17, 15) is 4.79 Å². The first-order chi connectivity index (χ1) is 10.6. The summed E-state index contributed by atoms with van der Waals surface area (Å²) < 4.78 is 0. The fourth-order valence-electron chi connectivity index (χ4n) is 4.16. The van der Waals surface area contributed by atoms with Crippen LogP contribution in [0.5, 0.6) is 0 Å². The number of amides is 1. The Morgan fingerprint density at radius 3 is 2.52 bits per heavy atom. The first kappa shape index (κ1) is 17.3. The summed E-state index contributed by atoms with van der Waals surface area (Å²) >= 11 is 12.2. The molecule has 2 bridgehead atoms. The molecule has 126 valence electrons. The van der Waals surface area contributed by atoms with E-state index >= 15 is 0 Å². The maximum absolute atomic E-state index is 13.0. The van der Waals surface area contributed by atoms with Crippen LogP contribution in [0.15, 0.2) is 18.2 Å². The van der Waals surface area contributed by atoms with Gasteiger partial charge in [-0.25, -0.2) is 0 Å². The van der Waals surface area contributed by atoms with Crippen molar-refractivity contribution < 1.29 is 4.79 Å². The van der Waals surface area contributed by atoms with Crippen LogP contribution in [0.25, 0.3) is 0 Å². The van der Waals surface area contributed by atoms with Crippen LogP contribution in [0, 0.1) is 5.92 Å². The lowest BCUT2D eigenvalue weighted by atomic mass is 10.1. The molecular weight excluding hydrogens is 355 g/mol. The molecule has 23 heavy (non-hydrogen) atoms. The second-order valence-electron chi connectivity index (χ2n) is 6.77. The SMILES string of the molecule is Cl.O=C(C1CC1c1cc(Cl)cc(Cl)c1)N1C2CCNCC1CC2. The number of carbonyl (C=O) groups is 1. The zero-order chi connectivity index (χ0) is 15.3. The highest BCUT2D eigenvalue weighted by Crippen LogP contribution is 2.50. The summed E-state index contributed by atoms with van der Waals surface area (Å²) in [5, 5.41) is 4.76. The highest BCUT2D eigenvalue weighted by Gasteiger charge is 2.50. The molecule has 1 amide bonds. The molecule has 0 spiro atoms. The molecule has 1 N–H and O–H groups in total. The van der Waals surface area contributed by atoms with E-state index in [2.05, 4.69) is 10.2 Å². The Kier molecular flexibility index (Phi) is 5.12. The van der Waals surface area contributed by atoms with Crippen LogP contribution in [0.3, 0.4) is 0 Å². The van der Waals surface area contributed by atoms with E-state index in [1.807, 2.05) is 12.1 Å². The van der Waals surface area contributed by atoms with Gasteiger partial charge in [-0.3, -0.25) is 4.79 Å². The first-order valence-electron chi connectivity index (χ1n) is 8.12. The van der Waals surface area contributed by atoms with Gasteiger partial charge >= 0.3 is 0 Å². The fraction of sp³-hybridized carbons (Fsp3) is 0.588. The predicted molar refractivity (Wildman–Crippen MR) is 95.7 cm³/mol. The van der Waals surface area contributed by atoms with E-state index < -0.39 is 0 Å². The quantitative estimate of drug-likeness (QED) is 0.851. The maximum Gasteiger partial charge on any atom is 0.226 e. The summed E-state index contributed by atoms with van der Waals surface area (Å²) in [5.74, 6) is 0.757. The number of carbonyl (C=O) groups excluding carboxylic acids is 1. The lowest BCUT2D eigenvalue weighted by Crippen LogP contribution is -2.43. The van der Waals surface area contributed by atoms with E-state index in [1.54, 1.807) is 6.07 Å². The maximum atomic E-state index is 13.0. The number of fused-ring (bicyclic) bond motifs is 2. The summed E-state index contributed by atoms with van der Waals surface area (Å²) in [6.07, 6.45) is 4.32. The van der Waals surface area contributed by atoms with Crippen LogP contribution < -0.4 is 5.32 Å². The molecule has 4 unspecified atom stereocenters. The first-order valence-corrected chi connectivity index (χ1v) is 8.88. The van der Waals surface area contributed by atoms with Gasteiger partial charge in [0.1, 0.15) is 0 Å². The van der Waals surface area contributed by atoms with Crippen molar-refractivity contribution in [3.63, 3.8) is 0 Å². The van der Waals surface area contributed by atoms with Crippen LogP contribution >= 0.6 is 35.6 Å². The third kappa shape index (κ3) is 3.34. The summed E-state index contributed by atoms with van der Waals surface area (Å²) in [4.78, 5) is 15.2. The lowest BCUT2D eigenvalue weighted by Gasteiger charge is -2.28. The highest BCUT2D eigenvalue weighted by molar-refractivity contribution is 6.34. The number of hydrogen-bond acceptors (Lipinski definition) is 2. The van der Waals surface area contributed by atoms with Crippen LogP contribution in [-0.4, -0.2) is 36.0 Å².